The molecule has 1 amide bonds. The maximum Gasteiger partial charge on any atom is 0.272 e. The Hall–Kier alpha value is -3.19. The molecule has 1 aliphatic heterocycles. The summed E-state index contributed by atoms with van der Waals surface area (Å²) in [6.07, 6.45) is 3.37. The number of rotatable bonds is 4. The van der Waals surface area contributed by atoms with E-state index in [1.165, 1.54) is 0 Å². The fourth-order valence-electron chi connectivity index (χ4n) is 3.04. The fourth-order valence-corrected chi connectivity index (χ4v) is 3.17. The van der Waals surface area contributed by atoms with Crippen LogP contribution in [-0.2, 0) is 0 Å². The zero-order chi connectivity index (χ0) is 19.3. The van der Waals surface area contributed by atoms with Crippen molar-refractivity contribution in [2.24, 2.45) is 0 Å². The van der Waals surface area contributed by atoms with Crippen LogP contribution in [-0.4, -0.2) is 51.9 Å². The topological polar surface area (TPSA) is 74.2 Å². The van der Waals surface area contributed by atoms with Gasteiger partial charge in [0.25, 0.3) is 5.91 Å². The van der Waals surface area contributed by atoms with Gasteiger partial charge in [0.15, 0.2) is 0 Å². The molecule has 1 fully saturated rings. The van der Waals surface area contributed by atoms with Crippen LogP contribution >= 0.6 is 11.6 Å². The highest BCUT2D eigenvalue weighted by Crippen LogP contribution is 2.18. The van der Waals surface area contributed by atoms with Crippen molar-refractivity contribution < 1.29 is 4.79 Å². The molecule has 28 heavy (non-hydrogen) atoms. The maximum atomic E-state index is 12.8. The Labute approximate surface area is 168 Å². The lowest BCUT2D eigenvalue weighted by Crippen LogP contribution is -2.49. The van der Waals surface area contributed by atoms with E-state index in [4.69, 9.17) is 11.6 Å². The molecule has 0 radical (unpaired) electrons. The number of hydrogen-bond acceptors (Lipinski definition) is 6. The van der Waals surface area contributed by atoms with Crippen LogP contribution in [0.15, 0.2) is 60.9 Å². The summed E-state index contributed by atoms with van der Waals surface area (Å²) in [5.41, 5.74) is 1.18. The number of carbonyl (C=O) groups excluding carboxylic acids is 1. The lowest BCUT2D eigenvalue weighted by atomic mass is 10.2. The van der Waals surface area contributed by atoms with Crippen molar-refractivity contribution in [2.45, 2.75) is 0 Å². The molecule has 1 N–H and O–H groups in total. The molecular weight excluding hydrogens is 376 g/mol. The van der Waals surface area contributed by atoms with Crippen molar-refractivity contribution in [3.05, 3.63) is 71.6 Å². The number of carbonyl (C=O) groups is 1. The van der Waals surface area contributed by atoms with Gasteiger partial charge in [-0.05, 0) is 42.5 Å². The molecule has 2 aromatic heterocycles. The van der Waals surface area contributed by atoms with Crippen LogP contribution in [0, 0.1) is 0 Å². The van der Waals surface area contributed by atoms with Crippen molar-refractivity contribution in [3.63, 3.8) is 0 Å². The molecule has 0 spiro atoms. The first-order valence-electron chi connectivity index (χ1n) is 9.00. The monoisotopic (exact) mass is 394 g/mol. The van der Waals surface area contributed by atoms with Crippen LogP contribution in [0.1, 0.15) is 10.5 Å². The lowest BCUT2D eigenvalue weighted by molar-refractivity contribution is 0.0740. The second-order valence-corrected chi connectivity index (χ2v) is 6.80. The third kappa shape index (κ3) is 4.20. The van der Waals surface area contributed by atoms with Crippen molar-refractivity contribution in [3.8, 4) is 0 Å². The molecule has 0 saturated carbocycles. The van der Waals surface area contributed by atoms with Crippen molar-refractivity contribution in [1.82, 2.24) is 19.9 Å². The molecule has 4 rings (SSSR count). The third-order valence-corrected chi connectivity index (χ3v) is 4.77. The number of hydrogen-bond donors (Lipinski definition) is 1. The van der Waals surface area contributed by atoms with Gasteiger partial charge in [0.05, 0.1) is 0 Å². The van der Waals surface area contributed by atoms with Crippen LogP contribution in [0.3, 0.4) is 0 Å². The molecule has 7 nitrogen and oxygen atoms in total. The summed E-state index contributed by atoms with van der Waals surface area (Å²) < 4.78 is 0. The van der Waals surface area contributed by atoms with E-state index < -0.39 is 0 Å². The van der Waals surface area contributed by atoms with E-state index in [-0.39, 0.29) is 5.91 Å². The van der Waals surface area contributed by atoms with Gasteiger partial charge >= 0.3 is 0 Å². The van der Waals surface area contributed by atoms with Crippen molar-refractivity contribution in [1.29, 1.82) is 0 Å². The highest BCUT2D eigenvalue weighted by molar-refractivity contribution is 6.30. The second kappa shape index (κ2) is 8.22. The number of amides is 1. The molecule has 0 bridgehead atoms. The van der Waals surface area contributed by atoms with Crippen LogP contribution in [0.5, 0.6) is 0 Å². The third-order valence-electron chi connectivity index (χ3n) is 4.52. The van der Waals surface area contributed by atoms with Gasteiger partial charge in [-0.3, -0.25) is 4.79 Å². The Morgan fingerprint density at radius 2 is 1.71 bits per heavy atom. The first-order chi connectivity index (χ1) is 13.7. The molecule has 0 atom stereocenters. The summed E-state index contributed by atoms with van der Waals surface area (Å²) in [5.74, 6) is 1.22. The smallest absolute Gasteiger partial charge is 0.272 e. The molecule has 3 heterocycles. The molecule has 0 unspecified atom stereocenters. The first-order valence-corrected chi connectivity index (χ1v) is 9.38. The maximum absolute atomic E-state index is 12.8. The van der Waals surface area contributed by atoms with Crippen LogP contribution in [0.4, 0.5) is 17.5 Å². The number of nitrogens with zero attached hydrogens (tertiary/aromatic N) is 5. The Bertz CT molecular complexity index is 942. The van der Waals surface area contributed by atoms with Gasteiger partial charge in [0.2, 0.25) is 5.95 Å². The number of benzene rings is 1. The zero-order valence-corrected chi connectivity index (χ0v) is 15.9. The van der Waals surface area contributed by atoms with Gasteiger partial charge in [-0.15, -0.1) is 0 Å². The van der Waals surface area contributed by atoms with Crippen LogP contribution in [0.25, 0.3) is 0 Å². The average molecular weight is 395 g/mol. The van der Waals surface area contributed by atoms with Crippen molar-refractivity contribution >= 4 is 35.0 Å². The summed E-state index contributed by atoms with van der Waals surface area (Å²) >= 11 is 5.90. The molecule has 8 heteroatoms. The number of piperazine rings is 1. The number of anilines is 3. The Morgan fingerprint density at radius 1 is 0.929 bits per heavy atom. The van der Waals surface area contributed by atoms with Crippen LogP contribution < -0.4 is 10.2 Å². The largest absolute Gasteiger partial charge is 0.353 e. The van der Waals surface area contributed by atoms with E-state index in [0.717, 1.165) is 24.6 Å². The Balaban J connectivity index is 1.40. The minimum atomic E-state index is -0.0952. The summed E-state index contributed by atoms with van der Waals surface area (Å²) in [5, 5.41) is 3.74. The van der Waals surface area contributed by atoms with Crippen molar-refractivity contribution in [2.75, 3.05) is 36.4 Å². The molecule has 3 aromatic rings. The minimum absolute atomic E-state index is 0.0952. The minimum Gasteiger partial charge on any atom is -0.353 e. The van der Waals surface area contributed by atoms with E-state index in [1.54, 1.807) is 30.6 Å². The molecule has 142 valence electrons. The Kier molecular flexibility index (Phi) is 5.34. The summed E-state index contributed by atoms with van der Waals surface area (Å²) in [4.78, 5) is 29.8. The molecule has 0 aliphatic carbocycles. The fraction of sp³-hybridized carbons (Fsp3) is 0.200. The van der Waals surface area contributed by atoms with Gasteiger partial charge in [0, 0.05) is 49.3 Å². The Morgan fingerprint density at radius 3 is 2.43 bits per heavy atom. The molecule has 1 saturated heterocycles. The summed E-state index contributed by atoms with van der Waals surface area (Å²) in [6, 6.07) is 14.7. The molecule has 1 aromatic carbocycles. The van der Waals surface area contributed by atoms with Gasteiger partial charge in [0.1, 0.15) is 11.5 Å². The number of nitrogens with one attached hydrogen (secondary N) is 1. The first kappa shape index (κ1) is 18.2. The van der Waals surface area contributed by atoms with Gasteiger partial charge in [-0.25, -0.2) is 15.0 Å². The predicted octanol–water partition coefficient (Wildman–Crippen LogP) is 3.23. The average Bonchev–Trinajstić information content (AvgIpc) is 2.76. The van der Waals surface area contributed by atoms with Gasteiger partial charge < -0.3 is 15.1 Å². The van der Waals surface area contributed by atoms with Gasteiger partial charge in [-0.2, -0.15) is 0 Å². The van der Waals surface area contributed by atoms with E-state index in [9.17, 15) is 4.79 Å². The standard InChI is InChI=1S/C20H19ClN6O/c21-15-4-6-16(7-5-15)24-20-23-10-8-17(25-20)19(28)27-13-11-26(12-14-27)18-3-1-2-9-22-18/h1-10H,11-14H2,(H,23,24,25). The summed E-state index contributed by atoms with van der Waals surface area (Å²) in [6.45, 7) is 2.73. The number of pyridine rings is 1. The highest BCUT2D eigenvalue weighted by Gasteiger charge is 2.23. The SMILES string of the molecule is O=C(c1ccnc(Nc2ccc(Cl)cc2)n1)N1CCN(c2ccccn2)CC1. The number of aromatic nitrogens is 3. The van der Waals surface area contributed by atoms with Crippen LogP contribution in [0.2, 0.25) is 5.02 Å². The van der Waals surface area contributed by atoms with Gasteiger partial charge in [-0.1, -0.05) is 17.7 Å². The zero-order valence-electron chi connectivity index (χ0n) is 15.1. The van der Waals surface area contributed by atoms with E-state index >= 15 is 0 Å². The van der Waals surface area contributed by atoms with E-state index in [1.807, 2.05) is 35.2 Å². The molecule has 1 aliphatic rings. The molecular formula is C20H19ClN6O. The van der Waals surface area contributed by atoms with E-state index in [2.05, 4.69) is 25.2 Å². The number of halogens is 1. The second-order valence-electron chi connectivity index (χ2n) is 6.36. The normalized spacial score (nSPS) is 14.0. The summed E-state index contributed by atoms with van der Waals surface area (Å²) in [7, 11) is 0. The quantitative estimate of drug-likeness (QED) is 0.732. The van der Waals surface area contributed by atoms with E-state index in [0.29, 0.717) is 29.8 Å². The predicted molar refractivity (Wildman–Crippen MR) is 109 cm³/mol. The lowest BCUT2D eigenvalue weighted by Gasteiger charge is -2.35. The highest BCUT2D eigenvalue weighted by atomic mass is 35.5.